The number of fused-ring (bicyclic) bond motifs is 2. The van der Waals surface area contributed by atoms with Crippen LogP contribution in [0, 0.1) is 6.92 Å². The lowest BCUT2D eigenvalue weighted by molar-refractivity contribution is 0.0748. The zero-order valence-corrected chi connectivity index (χ0v) is 15.9. The highest BCUT2D eigenvalue weighted by Crippen LogP contribution is 2.38. The first-order valence-electron chi connectivity index (χ1n) is 9.27. The molecule has 0 aliphatic carbocycles. The van der Waals surface area contributed by atoms with E-state index < -0.39 is 6.04 Å². The maximum absolute atomic E-state index is 13.4. The van der Waals surface area contributed by atoms with Crippen molar-refractivity contribution in [3.8, 4) is 5.75 Å². The van der Waals surface area contributed by atoms with Crippen LogP contribution in [-0.4, -0.2) is 24.0 Å². The summed E-state index contributed by atoms with van der Waals surface area (Å²) in [6.07, 6.45) is 1.65. The average molecular weight is 375 g/mol. The fraction of sp³-hybridized carbons (Fsp3) is 0.217. The van der Waals surface area contributed by atoms with Crippen LogP contribution in [0.15, 0.2) is 64.3 Å². The standard InChI is InChI=1S/C23H21NO4/c1-4-11-24-20(15-7-6-8-16(13-15)27-5-2)19-21(25)17-12-14(3)9-10-18(17)28-22(19)23(24)26/h4,6-10,12-13,20H,1,5,11H2,2-3H3/t20-/m0/s1. The van der Waals surface area contributed by atoms with Crippen LogP contribution >= 0.6 is 0 Å². The van der Waals surface area contributed by atoms with E-state index in [0.717, 1.165) is 11.1 Å². The molecule has 1 aliphatic heterocycles. The summed E-state index contributed by atoms with van der Waals surface area (Å²) in [6.45, 7) is 8.43. The Bertz CT molecular complexity index is 1150. The molecule has 2 heterocycles. The molecule has 0 unspecified atom stereocenters. The molecule has 0 saturated heterocycles. The lowest BCUT2D eigenvalue weighted by atomic mass is 9.98. The Morgan fingerprint density at radius 3 is 2.79 bits per heavy atom. The van der Waals surface area contributed by atoms with E-state index >= 15 is 0 Å². The second kappa shape index (κ2) is 7.00. The SMILES string of the molecule is C=CCN1C(=O)c2oc3ccc(C)cc3c(=O)c2[C@@H]1c1cccc(OCC)c1. The second-order valence-corrected chi connectivity index (χ2v) is 6.83. The summed E-state index contributed by atoms with van der Waals surface area (Å²) in [5.74, 6) is 0.497. The van der Waals surface area contributed by atoms with Crippen molar-refractivity contribution >= 4 is 16.9 Å². The molecule has 0 bridgehead atoms. The number of carbonyl (C=O) groups excluding carboxylic acids is 1. The number of benzene rings is 2. The van der Waals surface area contributed by atoms with Crippen LogP contribution in [-0.2, 0) is 0 Å². The van der Waals surface area contributed by atoms with Crippen molar-refractivity contribution in [2.24, 2.45) is 0 Å². The highest BCUT2D eigenvalue weighted by atomic mass is 16.5. The summed E-state index contributed by atoms with van der Waals surface area (Å²) in [4.78, 5) is 28.0. The monoisotopic (exact) mass is 375 g/mol. The molecule has 0 saturated carbocycles. The van der Waals surface area contributed by atoms with Gasteiger partial charge in [0.15, 0.2) is 5.43 Å². The molecule has 142 valence electrons. The van der Waals surface area contributed by atoms with Crippen molar-refractivity contribution in [3.05, 3.63) is 87.8 Å². The van der Waals surface area contributed by atoms with E-state index in [4.69, 9.17) is 9.15 Å². The van der Waals surface area contributed by atoms with Crippen molar-refractivity contribution in [1.29, 1.82) is 0 Å². The first kappa shape index (κ1) is 18.0. The van der Waals surface area contributed by atoms with Gasteiger partial charge in [-0.3, -0.25) is 9.59 Å². The number of aryl methyl sites for hydroxylation is 1. The Labute approximate surface area is 162 Å². The first-order chi connectivity index (χ1) is 13.5. The quantitative estimate of drug-likeness (QED) is 0.626. The number of nitrogens with zero attached hydrogens (tertiary/aromatic N) is 1. The second-order valence-electron chi connectivity index (χ2n) is 6.83. The van der Waals surface area contributed by atoms with E-state index in [0.29, 0.717) is 35.4 Å². The fourth-order valence-corrected chi connectivity index (χ4v) is 3.75. The molecule has 0 spiro atoms. The summed E-state index contributed by atoms with van der Waals surface area (Å²) in [5, 5.41) is 0.484. The predicted octanol–water partition coefficient (Wildman–Crippen LogP) is 4.23. The molecule has 5 heteroatoms. The Kier molecular flexibility index (Phi) is 4.51. The zero-order valence-electron chi connectivity index (χ0n) is 15.9. The Morgan fingerprint density at radius 2 is 2.04 bits per heavy atom. The van der Waals surface area contributed by atoms with Crippen molar-refractivity contribution in [2.45, 2.75) is 19.9 Å². The smallest absolute Gasteiger partial charge is 0.291 e. The van der Waals surface area contributed by atoms with Gasteiger partial charge in [-0.25, -0.2) is 0 Å². The third-order valence-corrected chi connectivity index (χ3v) is 4.93. The third-order valence-electron chi connectivity index (χ3n) is 4.93. The van der Waals surface area contributed by atoms with Gasteiger partial charge in [0.05, 0.1) is 23.6 Å². The van der Waals surface area contributed by atoms with Crippen LogP contribution in [0.2, 0.25) is 0 Å². The molecule has 3 aromatic rings. The molecule has 5 nitrogen and oxygen atoms in total. The van der Waals surface area contributed by atoms with Gasteiger partial charge in [-0.05, 0) is 43.7 Å². The van der Waals surface area contributed by atoms with Crippen LogP contribution in [0.4, 0.5) is 0 Å². The average Bonchev–Trinajstić information content (AvgIpc) is 2.96. The molecule has 0 radical (unpaired) electrons. The first-order valence-corrected chi connectivity index (χ1v) is 9.27. The van der Waals surface area contributed by atoms with Gasteiger partial charge in [0.1, 0.15) is 11.3 Å². The molecule has 2 aromatic carbocycles. The molecule has 1 amide bonds. The van der Waals surface area contributed by atoms with E-state index in [1.807, 2.05) is 44.2 Å². The van der Waals surface area contributed by atoms with Crippen molar-refractivity contribution in [2.75, 3.05) is 13.2 Å². The Balaban J connectivity index is 1.98. The summed E-state index contributed by atoms with van der Waals surface area (Å²) in [6, 6.07) is 12.3. The minimum Gasteiger partial charge on any atom is -0.494 e. The molecule has 4 rings (SSSR count). The number of ether oxygens (including phenoxy) is 1. The van der Waals surface area contributed by atoms with Gasteiger partial charge in [-0.1, -0.05) is 29.8 Å². The van der Waals surface area contributed by atoms with Crippen molar-refractivity contribution in [1.82, 2.24) is 4.90 Å². The van der Waals surface area contributed by atoms with Gasteiger partial charge < -0.3 is 14.1 Å². The summed E-state index contributed by atoms with van der Waals surface area (Å²) in [5.41, 5.74) is 2.39. The molecular weight excluding hydrogens is 354 g/mol. The molecule has 0 N–H and O–H groups in total. The van der Waals surface area contributed by atoms with Gasteiger partial charge in [0.2, 0.25) is 5.76 Å². The molecule has 1 aromatic heterocycles. The van der Waals surface area contributed by atoms with Crippen LogP contribution < -0.4 is 10.2 Å². The summed E-state index contributed by atoms with van der Waals surface area (Å²) >= 11 is 0. The zero-order chi connectivity index (χ0) is 19.8. The van der Waals surface area contributed by atoms with Crippen LogP contribution in [0.3, 0.4) is 0 Å². The highest BCUT2D eigenvalue weighted by molar-refractivity contribution is 5.99. The lowest BCUT2D eigenvalue weighted by Crippen LogP contribution is -2.29. The minimum absolute atomic E-state index is 0.106. The van der Waals surface area contributed by atoms with Crippen molar-refractivity contribution in [3.63, 3.8) is 0 Å². The number of rotatable bonds is 5. The van der Waals surface area contributed by atoms with E-state index in [1.165, 1.54) is 0 Å². The molecular formula is C23H21NO4. The Hall–Kier alpha value is -3.34. The van der Waals surface area contributed by atoms with Gasteiger partial charge in [-0.2, -0.15) is 0 Å². The maximum Gasteiger partial charge on any atom is 0.291 e. The normalized spacial score (nSPS) is 15.7. The number of hydrogen-bond donors (Lipinski definition) is 0. The Morgan fingerprint density at radius 1 is 1.21 bits per heavy atom. The van der Waals surface area contributed by atoms with Gasteiger partial charge >= 0.3 is 0 Å². The number of carbonyl (C=O) groups is 1. The van der Waals surface area contributed by atoms with Crippen LogP contribution in [0.1, 0.15) is 40.2 Å². The third kappa shape index (κ3) is 2.80. The van der Waals surface area contributed by atoms with E-state index in [9.17, 15) is 9.59 Å². The van der Waals surface area contributed by atoms with Gasteiger partial charge in [0, 0.05) is 6.54 Å². The molecule has 28 heavy (non-hydrogen) atoms. The number of amides is 1. The largest absolute Gasteiger partial charge is 0.494 e. The van der Waals surface area contributed by atoms with Crippen LogP contribution in [0.25, 0.3) is 11.0 Å². The predicted molar refractivity (Wildman–Crippen MR) is 108 cm³/mol. The lowest BCUT2D eigenvalue weighted by Gasteiger charge is -2.24. The van der Waals surface area contributed by atoms with E-state index in [1.54, 1.807) is 23.1 Å². The van der Waals surface area contributed by atoms with E-state index in [2.05, 4.69) is 6.58 Å². The summed E-state index contributed by atoms with van der Waals surface area (Å²) in [7, 11) is 0. The van der Waals surface area contributed by atoms with Crippen LogP contribution in [0.5, 0.6) is 5.75 Å². The fourth-order valence-electron chi connectivity index (χ4n) is 3.75. The summed E-state index contributed by atoms with van der Waals surface area (Å²) < 4.78 is 11.5. The van der Waals surface area contributed by atoms with E-state index in [-0.39, 0.29) is 17.1 Å². The van der Waals surface area contributed by atoms with Gasteiger partial charge in [-0.15, -0.1) is 6.58 Å². The number of hydrogen-bond acceptors (Lipinski definition) is 4. The molecule has 1 aliphatic rings. The topological polar surface area (TPSA) is 59.8 Å². The molecule has 0 fully saturated rings. The van der Waals surface area contributed by atoms with Gasteiger partial charge in [0.25, 0.3) is 5.91 Å². The molecule has 1 atom stereocenters. The van der Waals surface area contributed by atoms with Crippen molar-refractivity contribution < 1.29 is 13.9 Å². The minimum atomic E-state index is -0.540. The highest BCUT2D eigenvalue weighted by Gasteiger charge is 2.42. The maximum atomic E-state index is 13.4.